The van der Waals surface area contributed by atoms with Crippen LogP contribution in [0.4, 0.5) is 4.79 Å². The summed E-state index contributed by atoms with van der Waals surface area (Å²) in [5.74, 6) is 0. The van der Waals surface area contributed by atoms with Crippen LogP contribution in [-0.4, -0.2) is 116 Å². The largest absolute Gasteiger partial charge is 2.00 e. The van der Waals surface area contributed by atoms with E-state index in [1.807, 2.05) is 0 Å². The molecule has 32 valence electrons. The van der Waals surface area contributed by atoms with Gasteiger partial charge in [-0.1, -0.05) is 0 Å². The normalized spacial score (nSPS) is 3.43. The van der Waals surface area contributed by atoms with Crippen LogP contribution >= 0.6 is 0 Å². The van der Waals surface area contributed by atoms with Gasteiger partial charge in [0.05, 0.1) is 0 Å². The van der Waals surface area contributed by atoms with Crippen LogP contribution in [0.3, 0.4) is 0 Å². The standard InChI is InChI=1S/CH2O3.Ba.Ca.Mg.4H/c2-1(3)4;;;;;;;/h(H2,2,3,4);;;;;;;/q;3*+2;4*-1/p-2. The quantitative estimate of drug-likeness (QED) is 0.435. The molecule has 0 saturated heterocycles. The SMILES string of the molecule is O=C([O-])[O-].[Ba+2].[Ca+2].[H-].[H-].[H-].[H-].[Mg+2]. The molecule has 0 aromatic heterocycles. The van der Waals surface area contributed by atoms with E-state index in [1.54, 1.807) is 0 Å². The molecule has 0 atom stereocenters. The summed E-state index contributed by atoms with van der Waals surface area (Å²) in [4.78, 5) is 8.33. The van der Waals surface area contributed by atoms with Crippen molar-refractivity contribution in [1.82, 2.24) is 0 Å². The molecule has 6 heteroatoms. The van der Waals surface area contributed by atoms with Crippen molar-refractivity contribution < 1.29 is 20.7 Å². The fourth-order valence-corrected chi connectivity index (χ4v) is 0. The van der Waals surface area contributed by atoms with Crippen LogP contribution in [0.1, 0.15) is 5.71 Å². The molecule has 0 bridgehead atoms. The van der Waals surface area contributed by atoms with Crippen molar-refractivity contribution in [1.29, 1.82) is 0 Å². The van der Waals surface area contributed by atoms with E-state index in [0.717, 1.165) is 0 Å². The molecular weight excluding hydrogens is 262 g/mol. The zero-order chi connectivity index (χ0) is 3.58. The topological polar surface area (TPSA) is 63.2 Å². The molecule has 0 aliphatic carbocycles. The van der Waals surface area contributed by atoms with Gasteiger partial charge >= 0.3 is 110 Å². The van der Waals surface area contributed by atoms with Gasteiger partial charge in [-0.05, 0) is 6.16 Å². The van der Waals surface area contributed by atoms with Crippen LogP contribution in [-0.2, 0) is 0 Å². The van der Waals surface area contributed by atoms with E-state index in [2.05, 4.69) is 0 Å². The maximum absolute atomic E-state index is 8.33. The molecule has 0 radical (unpaired) electrons. The summed E-state index contributed by atoms with van der Waals surface area (Å²) in [6.07, 6.45) is -2.33. The predicted molar refractivity (Wildman–Crippen MR) is 27.1 cm³/mol. The first-order valence-corrected chi connectivity index (χ1v) is 0.612. The Labute approximate surface area is 133 Å². The first-order chi connectivity index (χ1) is 1.73. The Morgan fingerprint density at radius 3 is 1.43 bits per heavy atom. The van der Waals surface area contributed by atoms with E-state index in [-0.39, 0.29) is 115 Å². The van der Waals surface area contributed by atoms with Crippen LogP contribution in [0, 0.1) is 0 Å². The Bertz CT molecular complexity index is 48.3. The van der Waals surface area contributed by atoms with E-state index in [0.29, 0.717) is 0 Å². The number of rotatable bonds is 0. The van der Waals surface area contributed by atoms with E-state index in [4.69, 9.17) is 15.0 Å². The molecule has 0 amide bonds. The zero-order valence-corrected chi connectivity index (χ0v) is 11.9. The minimum atomic E-state index is -2.33. The summed E-state index contributed by atoms with van der Waals surface area (Å²) >= 11 is 0. The Morgan fingerprint density at radius 2 is 1.43 bits per heavy atom. The number of carboxylic acid groups (broad SMARTS) is 2. The van der Waals surface area contributed by atoms with Gasteiger partial charge in [-0.25, -0.2) is 0 Å². The third kappa shape index (κ3) is 50.9. The number of hydrogen-bond acceptors (Lipinski definition) is 3. The van der Waals surface area contributed by atoms with Crippen molar-refractivity contribution in [2.45, 2.75) is 0 Å². The maximum Gasteiger partial charge on any atom is 2.00 e. The van der Waals surface area contributed by atoms with Crippen LogP contribution in [0.25, 0.3) is 0 Å². The Morgan fingerprint density at radius 1 is 1.43 bits per heavy atom. The number of carbonyl (C=O) groups excluding carboxylic acids is 1. The number of carbonyl (C=O) groups is 1. The van der Waals surface area contributed by atoms with Gasteiger partial charge < -0.3 is 20.7 Å². The molecule has 0 unspecified atom stereocenters. The van der Waals surface area contributed by atoms with Crippen LogP contribution in [0.2, 0.25) is 0 Å². The van der Waals surface area contributed by atoms with Gasteiger partial charge in [-0.15, -0.1) is 0 Å². The molecule has 0 aromatic rings. The molecule has 3 nitrogen and oxygen atoms in total. The van der Waals surface area contributed by atoms with Gasteiger partial charge in [0.15, 0.2) is 0 Å². The second kappa shape index (κ2) is 15.9. The Balaban J connectivity index is -0.00000000214. The van der Waals surface area contributed by atoms with Crippen LogP contribution < -0.4 is 10.2 Å². The van der Waals surface area contributed by atoms with Crippen LogP contribution in [0.5, 0.6) is 0 Å². The van der Waals surface area contributed by atoms with Gasteiger partial charge in [0, 0.05) is 0 Å². The predicted octanol–water partition coefficient (Wildman–Crippen LogP) is -3.14. The summed E-state index contributed by atoms with van der Waals surface area (Å²) in [7, 11) is 0. The van der Waals surface area contributed by atoms with E-state index < -0.39 is 6.16 Å². The van der Waals surface area contributed by atoms with Gasteiger partial charge in [-0.2, -0.15) is 0 Å². The third-order valence-corrected chi connectivity index (χ3v) is 0. The monoisotopic (exact) mass is 266 g/mol. The smallest absolute Gasteiger partial charge is 1.00 e. The van der Waals surface area contributed by atoms with Gasteiger partial charge in [-0.3, -0.25) is 0 Å². The molecule has 7 heavy (non-hydrogen) atoms. The Kier molecular flexibility index (Phi) is 51.3. The summed E-state index contributed by atoms with van der Waals surface area (Å²) in [6.45, 7) is 0. The van der Waals surface area contributed by atoms with Crippen molar-refractivity contribution in [2.75, 3.05) is 0 Å². The third-order valence-electron chi connectivity index (χ3n) is 0. The van der Waals surface area contributed by atoms with E-state index in [9.17, 15) is 0 Å². The minimum Gasteiger partial charge on any atom is -1.00 e. The molecule has 0 aliphatic heterocycles. The molecule has 0 spiro atoms. The molecule has 0 aromatic carbocycles. The average Bonchev–Trinajstić information content (AvgIpc) is 0.811. The van der Waals surface area contributed by atoms with Crippen molar-refractivity contribution in [3.8, 4) is 0 Å². The molecule has 0 N–H and O–H groups in total. The second-order valence-corrected chi connectivity index (χ2v) is 0.250. The van der Waals surface area contributed by atoms with Gasteiger partial charge in [0.25, 0.3) is 0 Å². The summed E-state index contributed by atoms with van der Waals surface area (Å²) in [5.41, 5.74) is 0. The summed E-state index contributed by atoms with van der Waals surface area (Å²) in [6, 6.07) is 0. The Hall–Kier alpha value is 2.87. The molecule has 0 aliphatic rings. The van der Waals surface area contributed by atoms with E-state index in [1.165, 1.54) is 0 Å². The second-order valence-electron chi connectivity index (χ2n) is 0.250. The molecule has 0 saturated carbocycles. The van der Waals surface area contributed by atoms with E-state index >= 15 is 0 Å². The van der Waals surface area contributed by atoms with Crippen LogP contribution in [0.15, 0.2) is 0 Å². The maximum atomic E-state index is 8.33. The van der Waals surface area contributed by atoms with Gasteiger partial charge in [0.2, 0.25) is 0 Å². The molecule has 0 fully saturated rings. The summed E-state index contributed by atoms with van der Waals surface area (Å²) in [5, 5.41) is 16.7. The fraction of sp³-hybridized carbons (Fsp3) is 0. The fourth-order valence-electron chi connectivity index (χ4n) is 0. The van der Waals surface area contributed by atoms with Gasteiger partial charge in [0.1, 0.15) is 0 Å². The zero-order valence-electron chi connectivity index (χ0n) is 7.85. The van der Waals surface area contributed by atoms with Crippen molar-refractivity contribution in [2.24, 2.45) is 0 Å². The first kappa shape index (κ1) is 22.5. The number of hydrogen-bond donors (Lipinski definition) is 0. The average molecular weight is 266 g/mol. The first-order valence-electron chi connectivity index (χ1n) is 0.612. The van der Waals surface area contributed by atoms with Crippen molar-refractivity contribution in [3.63, 3.8) is 0 Å². The van der Waals surface area contributed by atoms with Crippen molar-refractivity contribution in [3.05, 3.63) is 0 Å². The molecular formula is CH4BaCaMgO3. The minimum absolute atomic E-state index is 0. The molecule has 0 rings (SSSR count). The van der Waals surface area contributed by atoms with Crippen molar-refractivity contribution >= 4 is 116 Å². The molecule has 0 heterocycles. The summed E-state index contributed by atoms with van der Waals surface area (Å²) < 4.78 is 0.